The van der Waals surface area contributed by atoms with Gasteiger partial charge in [0.15, 0.2) is 0 Å². The third-order valence-corrected chi connectivity index (χ3v) is 2.89. The molecule has 0 saturated heterocycles. The molecule has 0 bridgehead atoms. The second-order valence-corrected chi connectivity index (χ2v) is 4.59. The zero-order valence-corrected chi connectivity index (χ0v) is 11.3. The van der Waals surface area contributed by atoms with Crippen LogP contribution in [0.5, 0.6) is 0 Å². The van der Waals surface area contributed by atoms with Gasteiger partial charge in [0.1, 0.15) is 5.69 Å². The van der Waals surface area contributed by atoms with Crippen LogP contribution < -0.4 is 0 Å². The van der Waals surface area contributed by atoms with Gasteiger partial charge >= 0.3 is 5.97 Å². The molecule has 1 aromatic carbocycles. The van der Waals surface area contributed by atoms with E-state index < -0.39 is 5.97 Å². The largest absolute Gasteiger partial charge is 0.478 e. The van der Waals surface area contributed by atoms with Crippen molar-refractivity contribution in [1.82, 2.24) is 14.5 Å². The smallest absolute Gasteiger partial charge is 0.335 e. The first kappa shape index (κ1) is 13.8. The molecule has 0 radical (unpaired) electrons. The number of benzene rings is 1. The van der Waals surface area contributed by atoms with E-state index in [1.165, 1.54) is 17.0 Å². The normalized spacial score (nSPS) is 10.3. The van der Waals surface area contributed by atoms with Crippen molar-refractivity contribution in [3.05, 3.63) is 53.6 Å². The Kier molecular flexibility index (Phi) is 3.84. The quantitative estimate of drug-likeness (QED) is 0.913. The van der Waals surface area contributed by atoms with Crippen LogP contribution in [0, 0.1) is 0 Å². The van der Waals surface area contributed by atoms with Crippen molar-refractivity contribution in [2.75, 3.05) is 7.05 Å². The van der Waals surface area contributed by atoms with E-state index in [0.717, 1.165) is 5.56 Å². The lowest BCUT2D eigenvalue weighted by molar-refractivity contribution is 0.0695. The highest BCUT2D eigenvalue weighted by atomic mass is 16.4. The molecule has 1 amide bonds. The van der Waals surface area contributed by atoms with E-state index in [2.05, 4.69) is 4.98 Å². The second-order valence-electron chi connectivity index (χ2n) is 4.59. The van der Waals surface area contributed by atoms with Crippen molar-refractivity contribution in [3.8, 4) is 0 Å². The zero-order chi connectivity index (χ0) is 14.7. The first-order valence-electron chi connectivity index (χ1n) is 6.03. The highest BCUT2D eigenvalue weighted by Crippen LogP contribution is 2.09. The zero-order valence-electron chi connectivity index (χ0n) is 11.3. The number of aromatic carboxylic acids is 1. The summed E-state index contributed by atoms with van der Waals surface area (Å²) in [7, 11) is 3.48. The maximum absolute atomic E-state index is 12.1. The number of hydrogen-bond donors (Lipinski definition) is 1. The summed E-state index contributed by atoms with van der Waals surface area (Å²) < 4.78 is 1.71. The number of carboxylic acid groups (broad SMARTS) is 1. The lowest BCUT2D eigenvalue weighted by Crippen LogP contribution is -2.26. The molecule has 2 aromatic rings. The van der Waals surface area contributed by atoms with E-state index in [-0.39, 0.29) is 11.5 Å². The Labute approximate surface area is 116 Å². The van der Waals surface area contributed by atoms with E-state index in [0.29, 0.717) is 12.2 Å². The van der Waals surface area contributed by atoms with Crippen molar-refractivity contribution in [1.29, 1.82) is 0 Å². The second kappa shape index (κ2) is 5.56. The summed E-state index contributed by atoms with van der Waals surface area (Å²) in [5.41, 5.74) is 1.48. The van der Waals surface area contributed by atoms with Gasteiger partial charge in [-0.2, -0.15) is 0 Å². The predicted octanol–water partition coefficient (Wildman–Crippen LogP) is 1.39. The molecule has 104 valence electrons. The molecule has 6 nitrogen and oxygen atoms in total. The Morgan fingerprint density at radius 2 is 1.95 bits per heavy atom. The average molecular weight is 273 g/mol. The summed E-state index contributed by atoms with van der Waals surface area (Å²) >= 11 is 0. The predicted molar refractivity (Wildman–Crippen MR) is 72.4 cm³/mol. The van der Waals surface area contributed by atoms with Crippen LogP contribution in [0.2, 0.25) is 0 Å². The van der Waals surface area contributed by atoms with Gasteiger partial charge in [-0.15, -0.1) is 0 Å². The van der Waals surface area contributed by atoms with E-state index in [1.54, 1.807) is 43.3 Å². The molecule has 0 aliphatic rings. The van der Waals surface area contributed by atoms with Crippen molar-refractivity contribution < 1.29 is 14.7 Å². The van der Waals surface area contributed by atoms with Crippen LogP contribution in [0.25, 0.3) is 0 Å². The maximum Gasteiger partial charge on any atom is 0.335 e. The molecule has 20 heavy (non-hydrogen) atoms. The SMILES string of the molecule is CN(Cc1ccc(C(=O)O)cc1)C(=O)c1cn(C)cn1. The van der Waals surface area contributed by atoms with Gasteiger partial charge in [0.25, 0.3) is 5.91 Å². The van der Waals surface area contributed by atoms with Crippen molar-refractivity contribution >= 4 is 11.9 Å². The summed E-state index contributed by atoms with van der Waals surface area (Å²) in [6.07, 6.45) is 3.23. The summed E-state index contributed by atoms with van der Waals surface area (Å²) in [4.78, 5) is 28.4. The van der Waals surface area contributed by atoms with E-state index in [4.69, 9.17) is 5.11 Å². The highest BCUT2D eigenvalue weighted by Gasteiger charge is 2.14. The van der Waals surface area contributed by atoms with Crippen molar-refractivity contribution in [2.24, 2.45) is 7.05 Å². The van der Waals surface area contributed by atoms with Crippen LogP contribution in [0.1, 0.15) is 26.4 Å². The third-order valence-electron chi connectivity index (χ3n) is 2.89. The van der Waals surface area contributed by atoms with E-state index in [9.17, 15) is 9.59 Å². The van der Waals surface area contributed by atoms with Gasteiger partial charge in [-0.05, 0) is 17.7 Å². The number of imidazole rings is 1. The molecule has 1 N–H and O–H groups in total. The molecule has 0 unspecified atom stereocenters. The average Bonchev–Trinajstić information content (AvgIpc) is 2.85. The van der Waals surface area contributed by atoms with Gasteiger partial charge in [0.2, 0.25) is 0 Å². The number of rotatable bonds is 4. The lowest BCUT2D eigenvalue weighted by Gasteiger charge is -2.16. The van der Waals surface area contributed by atoms with Crippen LogP contribution in [-0.2, 0) is 13.6 Å². The van der Waals surface area contributed by atoms with Crippen LogP contribution >= 0.6 is 0 Å². The van der Waals surface area contributed by atoms with Gasteiger partial charge in [-0.3, -0.25) is 4.79 Å². The molecule has 1 aromatic heterocycles. The van der Waals surface area contributed by atoms with Crippen molar-refractivity contribution in [3.63, 3.8) is 0 Å². The molecular weight excluding hydrogens is 258 g/mol. The minimum Gasteiger partial charge on any atom is -0.478 e. The Morgan fingerprint density at radius 1 is 1.30 bits per heavy atom. The summed E-state index contributed by atoms with van der Waals surface area (Å²) in [5, 5.41) is 8.82. The fourth-order valence-electron chi connectivity index (χ4n) is 1.82. The number of aromatic nitrogens is 2. The van der Waals surface area contributed by atoms with Crippen LogP contribution in [0.15, 0.2) is 36.8 Å². The van der Waals surface area contributed by atoms with Gasteiger partial charge in [-0.25, -0.2) is 9.78 Å². The minimum absolute atomic E-state index is 0.173. The highest BCUT2D eigenvalue weighted by molar-refractivity contribution is 5.92. The van der Waals surface area contributed by atoms with Gasteiger partial charge in [0, 0.05) is 26.8 Å². The first-order chi connectivity index (χ1) is 9.47. The molecular formula is C14H15N3O3. The third kappa shape index (κ3) is 3.03. The van der Waals surface area contributed by atoms with Gasteiger partial charge < -0.3 is 14.6 Å². The standard InChI is InChI=1S/C14H15N3O3/c1-16-8-12(15-9-16)13(18)17(2)7-10-3-5-11(6-4-10)14(19)20/h3-6,8-9H,7H2,1-2H3,(H,19,20). The minimum atomic E-state index is -0.963. The topological polar surface area (TPSA) is 75.4 Å². The Balaban J connectivity index is 2.05. The summed E-state index contributed by atoms with van der Waals surface area (Å²) in [6, 6.07) is 6.45. The molecule has 2 rings (SSSR count). The number of carbonyl (C=O) groups is 2. The Bertz CT molecular complexity index is 631. The number of aryl methyl sites for hydroxylation is 1. The number of amides is 1. The van der Waals surface area contributed by atoms with Crippen LogP contribution in [0.3, 0.4) is 0 Å². The number of carboxylic acids is 1. The Morgan fingerprint density at radius 3 is 2.45 bits per heavy atom. The molecule has 1 heterocycles. The molecule has 6 heteroatoms. The number of carbonyl (C=O) groups excluding carboxylic acids is 1. The first-order valence-corrected chi connectivity index (χ1v) is 6.03. The van der Waals surface area contributed by atoms with E-state index >= 15 is 0 Å². The van der Waals surface area contributed by atoms with Gasteiger partial charge in [0.05, 0.1) is 11.9 Å². The fourth-order valence-corrected chi connectivity index (χ4v) is 1.82. The maximum atomic E-state index is 12.1. The summed E-state index contributed by atoms with van der Waals surface area (Å²) in [6.45, 7) is 0.398. The molecule has 0 atom stereocenters. The molecule has 0 aliphatic heterocycles. The fraction of sp³-hybridized carbons (Fsp3) is 0.214. The van der Waals surface area contributed by atoms with Gasteiger partial charge in [-0.1, -0.05) is 12.1 Å². The number of hydrogen-bond acceptors (Lipinski definition) is 3. The van der Waals surface area contributed by atoms with E-state index in [1.807, 2.05) is 0 Å². The summed E-state index contributed by atoms with van der Waals surface area (Å²) in [5.74, 6) is -1.14. The Hall–Kier alpha value is -2.63. The molecule has 0 aliphatic carbocycles. The lowest BCUT2D eigenvalue weighted by atomic mass is 10.1. The molecule has 0 fully saturated rings. The van der Waals surface area contributed by atoms with Crippen LogP contribution in [0.4, 0.5) is 0 Å². The van der Waals surface area contributed by atoms with Crippen molar-refractivity contribution in [2.45, 2.75) is 6.54 Å². The monoisotopic (exact) mass is 273 g/mol. The molecule has 0 spiro atoms. The number of nitrogens with zero attached hydrogens (tertiary/aromatic N) is 3. The molecule has 0 saturated carbocycles. The van der Waals surface area contributed by atoms with Crippen LogP contribution in [-0.4, -0.2) is 38.5 Å².